The lowest BCUT2D eigenvalue weighted by atomic mass is 9.96. The van der Waals surface area contributed by atoms with Crippen LogP contribution in [0.15, 0.2) is 41.3 Å². The molecule has 192 valence electrons. The van der Waals surface area contributed by atoms with Crippen LogP contribution in [0.25, 0.3) is 10.2 Å². The Morgan fingerprint density at radius 1 is 1.22 bits per heavy atom. The maximum Gasteiger partial charge on any atom is 0.243 e. The van der Waals surface area contributed by atoms with Crippen molar-refractivity contribution in [3.8, 4) is 0 Å². The van der Waals surface area contributed by atoms with Gasteiger partial charge in [-0.3, -0.25) is 9.69 Å². The number of benzene rings is 2. The second-order valence-electron chi connectivity index (χ2n) is 9.28. The molecule has 0 saturated carbocycles. The maximum absolute atomic E-state index is 13.8. The van der Waals surface area contributed by atoms with Crippen LogP contribution in [-0.2, 0) is 19.6 Å². The zero-order valence-corrected chi connectivity index (χ0v) is 22.2. The number of amides is 1. The molecule has 36 heavy (non-hydrogen) atoms. The molecule has 11 heteroatoms. The van der Waals surface area contributed by atoms with E-state index in [1.54, 1.807) is 4.90 Å². The molecule has 7 nitrogen and oxygen atoms in total. The molecule has 2 aromatic carbocycles. The molecule has 2 aliphatic heterocycles. The zero-order chi connectivity index (χ0) is 25.4. The summed E-state index contributed by atoms with van der Waals surface area (Å²) in [5.41, 5.74) is 1.77. The van der Waals surface area contributed by atoms with Gasteiger partial charge in [-0.05, 0) is 74.6 Å². The van der Waals surface area contributed by atoms with Crippen LogP contribution in [0.2, 0.25) is 5.02 Å². The number of thiazole rings is 1. The first-order chi connectivity index (χ1) is 17.2. The second kappa shape index (κ2) is 10.3. The van der Waals surface area contributed by atoms with Crippen molar-refractivity contribution in [2.75, 3.05) is 31.1 Å². The molecule has 1 atom stereocenters. The van der Waals surface area contributed by atoms with Gasteiger partial charge >= 0.3 is 0 Å². The first kappa shape index (κ1) is 25.5. The van der Waals surface area contributed by atoms with Crippen molar-refractivity contribution in [1.82, 2.24) is 9.29 Å². The molecule has 3 heterocycles. The highest BCUT2D eigenvalue weighted by molar-refractivity contribution is 7.89. The minimum Gasteiger partial charge on any atom is -0.376 e. The highest BCUT2D eigenvalue weighted by atomic mass is 35.5. The second-order valence-corrected chi connectivity index (χ2v) is 12.7. The Morgan fingerprint density at radius 2 is 1.94 bits per heavy atom. The van der Waals surface area contributed by atoms with Crippen molar-refractivity contribution < 1.29 is 22.3 Å². The Balaban J connectivity index is 1.35. The fourth-order valence-corrected chi connectivity index (χ4v) is 7.74. The molecule has 3 aromatic rings. The number of hydrogen-bond donors (Lipinski definition) is 0. The summed E-state index contributed by atoms with van der Waals surface area (Å²) in [5.74, 6) is -0.883. The monoisotopic (exact) mass is 551 g/mol. The number of aromatic nitrogens is 1. The number of carbonyl (C=O) groups excluding carboxylic acids is 1. The summed E-state index contributed by atoms with van der Waals surface area (Å²) in [4.78, 5) is 20.3. The molecule has 5 rings (SSSR count). The van der Waals surface area contributed by atoms with E-state index in [1.807, 2.05) is 19.1 Å². The topological polar surface area (TPSA) is 79.8 Å². The molecule has 2 fully saturated rings. The van der Waals surface area contributed by atoms with Crippen LogP contribution >= 0.6 is 22.9 Å². The fourth-order valence-electron chi connectivity index (χ4n) is 4.83. The number of nitrogens with zero attached hydrogens (tertiary/aromatic N) is 3. The summed E-state index contributed by atoms with van der Waals surface area (Å²) in [7, 11) is -3.75. The van der Waals surface area contributed by atoms with E-state index in [9.17, 15) is 17.6 Å². The van der Waals surface area contributed by atoms with Crippen molar-refractivity contribution in [3.05, 3.63) is 52.8 Å². The van der Waals surface area contributed by atoms with Gasteiger partial charge in [0.15, 0.2) is 5.13 Å². The SMILES string of the molecule is Cc1cc(Cl)cc2sc(N(CC3CCCO3)C(=O)C3CCN(S(=O)(=O)c4ccc(F)cc4)CC3)nc12. The molecule has 2 aliphatic rings. The van der Waals surface area contributed by atoms with E-state index in [1.165, 1.54) is 27.8 Å². The number of aryl methyl sites for hydroxylation is 1. The largest absolute Gasteiger partial charge is 0.376 e. The average molecular weight is 552 g/mol. The van der Waals surface area contributed by atoms with Crippen molar-refractivity contribution >= 4 is 54.2 Å². The van der Waals surface area contributed by atoms with Gasteiger partial charge in [-0.15, -0.1) is 0 Å². The first-order valence-corrected chi connectivity index (χ1v) is 14.6. The van der Waals surface area contributed by atoms with Crippen LogP contribution in [-0.4, -0.2) is 56.0 Å². The normalized spacial score (nSPS) is 19.7. The molecule has 0 spiro atoms. The van der Waals surface area contributed by atoms with Gasteiger partial charge in [-0.1, -0.05) is 22.9 Å². The average Bonchev–Trinajstić information content (AvgIpc) is 3.52. The summed E-state index contributed by atoms with van der Waals surface area (Å²) in [6.45, 7) is 3.48. The zero-order valence-electron chi connectivity index (χ0n) is 19.8. The summed E-state index contributed by atoms with van der Waals surface area (Å²) in [6.07, 6.45) is 2.59. The number of halogens is 2. The number of piperidine rings is 1. The number of hydrogen-bond acceptors (Lipinski definition) is 6. The Labute approximate surface area is 218 Å². The molecule has 0 aliphatic carbocycles. The number of fused-ring (bicyclic) bond motifs is 1. The van der Waals surface area contributed by atoms with Gasteiger partial charge in [0.2, 0.25) is 15.9 Å². The van der Waals surface area contributed by atoms with E-state index in [0.717, 1.165) is 40.8 Å². The number of rotatable bonds is 6. The highest BCUT2D eigenvalue weighted by Crippen LogP contribution is 2.35. The van der Waals surface area contributed by atoms with Crippen LogP contribution in [0.1, 0.15) is 31.2 Å². The molecule has 2 saturated heterocycles. The standard InChI is InChI=1S/C25H27ClFN3O4S2/c1-16-13-18(26)14-22-23(16)28-25(35-22)30(15-20-3-2-12-34-20)24(31)17-8-10-29(11-9-17)36(32,33)21-6-4-19(27)5-7-21/h4-7,13-14,17,20H,2-3,8-12,15H2,1H3. The van der Waals surface area contributed by atoms with E-state index >= 15 is 0 Å². The predicted molar refractivity (Wildman–Crippen MR) is 139 cm³/mol. The van der Waals surface area contributed by atoms with E-state index < -0.39 is 15.8 Å². The van der Waals surface area contributed by atoms with Gasteiger partial charge < -0.3 is 4.74 Å². The number of carbonyl (C=O) groups is 1. The lowest BCUT2D eigenvalue weighted by Gasteiger charge is -2.33. The predicted octanol–water partition coefficient (Wildman–Crippen LogP) is 5.01. The van der Waals surface area contributed by atoms with E-state index in [-0.39, 0.29) is 35.9 Å². The van der Waals surface area contributed by atoms with Gasteiger partial charge in [0, 0.05) is 30.6 Å². The third kappa shape index (κ3) is 5.15. The van der Waals surface area contributed by atoms with Crippen molar-refractivity contribution in [2.45, 2.75) is 43.6 Å². The van der Waals surface area contributed by atoms with Crippen molar-refractivity contribution in [3.63, 3.8) is 0 Å². The van der Waals surface area contributed by atoms with E-state index in [4.69, 9.17) is 21.3 Å². The molecule has 0 radical (unpaired) electrons. The molecule has 1 aromatic heterocycles. The number of ether oxygens (including phenoxy) is 1. The maximum atomic E-state index is 13.8. The van der Waals surface area contributed by atoms with Crippen LogP contribution in [0.3, 0.4) is 0 Å². The van der Waals surface area contributed by atoms with E-state index in [0.29, 0.717) is 36.1 Å². The van der Waals surface area contributed by atoms with Gasteiger partial charge in [-0.25, -0.2) is 17.8 Å². The van der Waals surface area contributed by atoms with Crippen molar-refractivity contribution in [2.24, 2.45) is 5.92 Å². The summed E-state index contributed by atoms with van der Waals surface area (Å²) in [6, 6.07) is 8.53. The Kier molecular flexibility index (Phi) is 7.33. The molecule has 1 amide bonds. The van der Waals surface area contributed by atoms with Crippen LogP contribution in [0.5, 0.6) is 0 Å². The molecule has 0 N–H and O–H groups in total. The summed E-state index contributed by atoms with van der Waals surface area (Å²) >= 11 is 7.67. The molecular weight excluding hydrogens is 525 g/mol. The number of anilines is 1. The minimum absolute atomic E-state index is 0.0513. The minimum atomic E-state index is -3.75. The van der Waals surface area contributed by atoms with Gasteiger partial charge in [0.05, 0.1) is 27.8 Å². The molecule has 0 bridgehead atoms. The van der Waals surface area contributed by atoms with Crippen LogP contribution in [0.4, 0.5) is 9.52 Å². The fraction of sp³-hybridized carbons (Fsp3) is 0.440. The first-order valence-electron chi connectivity index (χ1n) is 12.0. The Bertz CT molecular complexity index is 1370. The van der Waals surface area contributed by atoms with Crippen LogP contribution < -0.4 is 4.90 Å². The lowest BCUT2D eigenvalue weighted by molar-refractivity contribution is -0.123. The summed E-state index contributed by atoms with van der Waals surface area (Å²) in [5, 5.41) is 1.24. The quantitative estimate of drug-likeness (QED) is 0.430. The molecular formula is C25H27ClFN3O4S2. The van der Waals surface area contributed by atoms with Gasteiger partial charge in [0.25, 0.3) is 0 Å². The summed E-state index contributed by atoms with van der Waals surface area (Å²) < 4.78 is 47.4. The number of sulfonamides is 1. The molecule has 1 unspecified atom stereocenters. The van der Waals surface area contributed by atoms with Gasteiger partial charge in [-0.2, -0.15) is 4.31 Å². The lowest BCUT2D eigenvalue weighted by Crippen LogP contribution is -2.46. The van der Waals surface area contributed by atoms with Crippen molar-refractivity contribution in [1.29, 1.82) is 0 Å². The van der Waals surface area contributed by atoms with Crippen LogP contribution in [0, 0.1) is 18.7 Å². The van der Waals surface area contributed by atoms with Gasteiger partial charge in [0.1, 0.15) is 5.82 Å². The third-order valence-electron chi connectivity index (χ3n) is 6.80. The Morgan fingerprint density at radius 3 is 2.61 bits per heavy atom. The Hall–Kier alpha value is -2.11. The smallest absolute Gasteiger partial charge is 0.243 e. The van der Waals surface area contributed by atoms with E-state index in [2.05, 4.69) is 0 Å². The highest BCUT2D eigenvalue weighted by Gasteiger charge is 2.36. The third-order valence-corrected chi connectivity index (χ3v) is 9.96.